The normalized spacial score (nSPS) is 17.4. The highest BCUT2D eigenvalue weighted by atomic mass is 35.5. The molecule has 1 amide bonds. The van der Waals surface area contributed by atoms with Gasteiger partial charge in [0.05, 0.1) is 28.6 Å². The molecule has 3 rings (SSSR count). The largest absolute Gasteiger partial charge is 0.395 e. The Labute approximate surface area is 115 Å². The van der Waals surface area contributed by atoms with Gasteiger partial charge in [-0.05, 0) is 25.0 Å². The number of aliphatic hydroxyl groups is 1. The van der Waals surface area contributed by atoms with Gasteiger partial charge in [-0.3, -0.25) is 9.59 Å². The molecule has 5 nitrogen and oxygen atoms in total. The fourth-order valence-corrected chi connectivity index (χ4v) is 2.64. The summed E-state index contributed by atoms with van der Waals surface area (Å²) in [5.74, 6) is -1.17. The Morgan fingerprint density at radius 3 is 2.74 bits per heavy atom. The van der Waals surface area contributed by atoms with E-state index in [1.165, 1.54) is 6.07 Å². The first kappa shape index (κ1) is 12.4. The predicted octanol–water partition coefficient (Wildman–Crippen LogP) is 1.44. The zero-order valence-electron chi connectivity index (χ0n) is 10.1. The van der Waals surface area contributed by atoms with E-state index in [1.54, 1.807) is 6.07 Å². The van der Waals surface area contributed by atoms with Crippen molar-refractivity contribution >= 4 is 34.7 Å². The van der Waals surface area contributed by atoms with Crippen LogP contribution in [0.5, 0.6) is 0 Å². The van der Waals surface area contributed by atoms with Crippen LogP contribution >= 0.6 is 11.6 Å². The number of amides is 1. The molecule has 1 aromatic carbocycles. The van der Waals surface area contributed by atoms with Gasteiger partial charge in [0.1, 0.15) is 0 Å². The highest BCUT2D eigenvalue weighted by Crippen LogP contribution is 2.39. The van der Waals surface area contributed by atoms with E-state index in [9.17, 15) is 9.59 Å². The van der Waals surface area contributed by atoms with Gasteiger partial charge in [-0.1, -0.05) is 11.6 Å². The maximum Gasteiger partial charge on any atom is 0.296 e. The number of benzene rings is 1. The fourth-order valence-electron chi connectivity index (χ4n) is 2.37. The first-order valence-electron chi connectivity index (χ1n) is 6.18. The summed E-state index contributed by atoms with van der Waals surface area (Å²) in [4.78, 5) is 24.9. The number of fused-ring (bicyclic) bond motifs is 1. The monoisotopic (exact) mass is 280 g/mol. The van der Waals surface area contributed by atoms with E-state index in [0.29, 0.717) is 28.9 Å². The quantitative estimate of drug-likeness (QED) is 0.819. The highest BCUT2D eigenvalue weighted by molar-refractivity contribution is 6.52. The van der Waals surface area contributed by atoms with Crippen molar-refractivity contribution in [3.05, 3.63) is 22.7 Å². The van der Waals surface area contributed by atoms with Crippen molar-refractivity contribution in [1.29, 1.82) is 0 Å². The number of carbonyl (C=O) groups is 2. The standard InChI is InChI=1S/C13H13ClN2O3/c14-9-5-8-10(15-13(19)12(8)18)6-11(9)16(3-4-17)7-1-2-7/h5-7,17H,1-4H2,(H,15,18,19). The molecule has 19 heavy (non-hydrogen) atoms. The minimum atomic E-state index is -0.622. The van der Waals surface area contributed by atoms with Gasteiger partial charge in [0.15, 0.2) is 0 Å². The minimum Gasteiger partial charge on any atom is -0.395 e. The molecule has 1 aromatic rings. The molecule has 0 atom stereocenters. The Morgan fingerprint density at radius 1 is 1.37 bits per heavy atom. The van der Waals surface area contributed by atoms with Crippen LogP contribution in [0.3, 0.4) is 0 Å². The van der Waals surface area contributed by atoms with Crippen molar-refractivity contribution in [2.24, 2.45) is 0 Å². The summed E-state index contributed by atoms with van der Waals surface area (Å²) in [5.41, 5.74) is 1.57. The van der Waals surface area contributed by atoms with Gasteiger partial charge in [0.2, 0.25) is 0 Å². The Morgan fingerprint density at radius 2 is 2.11 bits per heavy atom. The maximum absolute atomic E-state index is 11.6. The Kier molecular flexibility index (Phi) is 2.95. The topological polar surface area (TPSA) is 69.6 Å². The van der Waals surface area contributed by atoms with Crippen LogP contribution < -0.4 is 10.2 Å². The van der Waals surface area contributed by atoms with Crippen LogP contribution in [0.4, 0.5) is 11.4 Å². The van der Waals surface area contributed by atoms with E-state index in [4.69, 9.17) is 16.7 Å². The molecule has 1 heterocycles. The van der Waals surface area contributed by atoms with E-state index in [2.05, 4.69) is 5.32 Å². The van der Waals surface area contributed by atoms with Crippen LogP contribution in [0.15, 0.2) is 12.1 Å². The molecule has 0 aromatic heterocycles. The lowest BCUT2D eigenvalue weighted by molar-refractivity contribution is -0.112. The lowest BCUT2D eigenvalue weighted by Gasteiger charge is -2.25. The van der Waals surface area contributed by atoms with Crippen molar-refractivity contribution < 1.29 is 14.7 Å². The van der Waals surface area contributed by atoms with Crippen molar-refractivity contribution in [3.63, 3.8) is 0 Å². The molecule has 0 bridgehead atoms. The number of aliphatic hydroxyl groups excluding tert-OH is 1. The van der Waals surface area contributed by atoms with Crippen LogP contribution in [0, 0.1) is 0 Å². The van der Waals surface area contributed by atoms with E-state index >= 15 is 0 Å². The Balaban J connectivity index is 2.01. The molecule has 2 aliphatic rings. The molecule has 0 saturated heterocycles. The molecule has 0 radical (unpaired) electrons. The van der Waals surface area contributed by atoms with Crippen LogP contribution in [-0.2, 0) is 4.79 Å². The summed E-state index contributed by atoms with van der Waals surface area (Å²) in [6.45, 7) is 0.528. The van der Waals surface area contributed by atoms with Crippen LogP contribution in [-0.4, -0.2) is 36.0 Å². The van der Waals surface area contributed by atoms with Gasteiger partial charge < -0.3 is 15.3 Å². The molecule has 1 saturated carbocycles. The number of rotatable bonds is 4. The van der Waals surface area contributed by atoms with E-state index in [1.807, 2.05) is 4.90 Å². The second-order valence-corrected chi connectivity index (χ2v) is 5.19. The second kappa shape index (κ2) is 4.51. The summed E-state index contributed by atoms with van der Waals surface area (Å²) >= 11 is 6.21. The third-order valence-electron chi connectivity index (χ3n) is 3.42. The number of Topliss-reactive ketones (excluding diaryl/α,β-unsaturated/α-hetero) is 1. The first-order valence-corrected chi connectivity index (χ1v) is 6.56. The summed E-state index contributed by atoms with van der Waals surface area (Å²) in [5, 5.41) is 12.1. The molecule has 1 aliphatic carbocycles. The van der Waals surface area contributed by atoms with Crippen LogP contribution in [0.1, 0.15) is 23.2 Å². The van der Waals surface area contributed by atoms with Crippen LogP contribution in [0.2, 0.25) is 5.02 Å². The van der Waals surface area contributed by atoms with E-state index in [-0.39, 0.29) is 6.61 Å². The lowest BCUT2D eigenvalue weighted by atomic mass is 10.1. The predicted molar refractivity (Wildman–Crippen MR) is 71.9 cm³/mol. The SMILES string of the molecule is O=C1Nc2cc(N(CCO)C3CC3)c(Cl)cc2C1=O. The molecule has 0 spiro atoms. The van der Waals surface area contributed by atoms with Gasteiger partial charge in [0.25, 0.3) is 11.7 Å². The number of anilines is 2. The molecular weight excluding hydrogens is 268 g/mol. The Bertz CT molecular complexity index is 569. The zero-order valence-corrected chi connectivity index (χ0v) is 10.9. The minimum absolute atomic E-state index is 0.0369. The zero-order chi connectivity index (χ0) is 13.6. The van der Waals surface area contributed by atoms with Gasteiger partial charge >= 0.3 is 0 Å². The second-order valence-electron chi connectivity index (χ2n) is 4.78. The van der Waals surface area contributed by atoms with Gasteiger partial charge in [-0.25, -0.2) is 0 Å². The fraction of sp³-hybridized carbons (Fsp3) is 0.385. The number of nitrogens with one attached hydrogen (secondary N) is 1. The number of carbonyl (C=O) groups excluding carboxylic acids is 2. The lowest BCUT2D eigenvalue weighted by Crippen LogP contribution is -2.29. The van der Waals surface area contributed by atoms with Crippen molar-refractivity contribution in [2.45, 2.75) is 18.9 Å². The van der Waals surface area contributed by atoms with Gasteiger partial charge in [-0.15, -0.1) is 0 Å². The third-order valence-corrected chi connectivity index (χ3v) is 3.73. The number of hydrogen-bond donors (Lipinski definition) is 2. The van der Waals surface area contributed by atoms with Gasteiger partial charge in [-0.2, -0.15) is 0 Å². The molecule has 1 fully saturated rings. The highest BCUT2D eigenvalue weighted by Gasteiger charge is 2.33. The molecule has 100 valence electrons. The Hall–Kier alpha value is -1.59. The number of nitrogens with zero attached hydrogens (tertiary/aromatic N) is 1. The van der Waals surface area contributed by atoms with Crippen LogP contribution in [0.25, 0.3) is 0 Å². The number of hydrogen-bond acceptors (Lipinski definition) is 4. The number of halogens is 1. The third kappa shape index (κ3) is 2.09. The first-order chi connectivity index (χ1) is 9.11. The molecule has 0 unspecified atom stereocenters. The van der Waals surface area contributed by atoms with E-state index < -0.39 is 11.7 Å². The van der Waals surface area contributed by atoms with Crippen molar-refractivity contribution in [3.8, 4) is 0 Å². The average Bonchev–Trinajstić information content (AvgIpc) is 3.17. The van der Waals surface area contributed by atoms with Crippen molar-refractivity contribution in [2.75, 3.05) is 23.4 Å². The summed E-state index contributed by atoms with van der Waals surface area (Å²) in [6.07, 6.45) is 2.14. The molecular formula is C13H13ClN2O3. The summed E-state index contributed by atoms with van der Waals surface area (Å²) in [6, 6.07) is 3.63. The summed E-state index contributed by atoms with van der Waals surface area (Å²) in [7, 11) is 0. The van der Waals surface area contributed by atoms with Crippen molar-refractivity contribution in [1.82, 2.24) is 0 Å². The van der Waals surface area contributed by atoms with E-state index in [0.717, 1.165) is 18.5 Å². The maximum atomic E-state index is 11.6. The average molecular weight is 281 g/mol. The van der Waals surface area contributed by atoms with Gasteiger partial charge in [0, 0.05) is 12.6 Å². The smallest absolute Gasteiger partial charge is 0.296 e. The number of ketones is 1. The molecule has 6 heteroatoms. The molecule has 1 aliphatic heterocycles. The molecule has 2 N–H and O–H groups in total. The summed E-state index contributed by atoms with van der Waals surface area (Å²) < 4.78 is 0.